The highest BCUT2D eigenvalue weighted by Gasteiger charge is 2.13. The molecule has 92 valence electrons. The van der Waals surface area contributed by atoms with Gasteiger partial charge in [0.25, 0.3) is 0 Å². The van der Waals surface area contributed by atoms with Crippen molar-refractivity contribution >= 4 is 5.97 Å². The lowest BCUT2D eigenvalue weighted by molar-refractivity contribution is -0.138. The third-order valence-corrected chi connectivity index (χ3v) is 2.60. The van der Waals surface area contributed by atoms with Gasteiger partial charge in [0, 0.05) is 12.3 Å². The standard InChI is InChI=1S/C14H13NO3/c1-10(14(16)17)11-7-8-13(15-9-11)18-12-5-3-2-4-6-12/h2-10H,1H3,(H,16,17). The molecule has 0 saturated heterocycles. The van der Waals surface area contributed by atoms with Gasteiger partial charge in [-0.05, 0) is 24.6 Å². The largest absolute Gasteiger partial charge is 0.481 e. The molecule has 0 aliphatic heterocycles. The van der Waals surface area contributed by atoms with Crippen molar-refractivity contribution in [1.82, 2.24) is 4.98 Å². The summed E-state index contributed by atoms with van der Waals surface area (Å²) in [5, 5.41) is 8.88. The Morgan fingerprint density at radius 2 is 1.94 bits per heavy atom. The van der Waals surface area contributed by atoms with E-state index in [1.807, 2.05) is 30.3 Å². The lowest BCUT2D eigenvalue weighted by Crippen LogP contribution is -2.07. The van der Waals surface area contributed by atoms with Gasteiger partial charge < -0.3 is 9.84 Å². The number of pyridine rings is 1. The summed E-state index contributed by atoms with van der Waals surface area (Å²) >= 11 is 0. The molecule has 0 saturated carbocycles. The first-order valence-electron chi connectivity index (χ1n) is 5.58. The second-order valence-electron chi connectivity index (χ2n) is 3.90. The van der Waals surface area contributed by atoms with Crippen LogP contribution in [0.1, 0.15) is 18.4 Å². The molecule has 0 aliphatic carbocycles. The number of nitrogens with zero attached hydrogens (tertiary/aromatic N) is 1. The van der Waals surface area contributed by atoms with Gasteiger partial charge in [-0.3, -0.25) is 4.79 Å². The number of hydrogen-bond donors (Lipinski definition) is 1. The Bertz CT molecular complexity index is 522. The fourth-order valence-corrected chi connectivity index (χ4v) is 1.46. The molecule has 4 nitrogen and oxygen atoms in total. The summed E-state index contributed by atoms with van der Waals surface area (Å²) in [4.78, 5) is 14.9. The number of ether oxygens (including phenoxy) is 1. The zero-order valence-corrected chi connectivity index (χ0v) is 9.91. The van der Waals surface area contributed by atoms with Crippen LogP contribution in [0.5, 0.6) is 11.6 Å². The number of aliphatic carboxylic acids is 1. The van der Waals surface area contributed by atoms with Crippen LogP contribution in [-0.2, 0) is 4.79 Å². The predicted octanol–water partition coefficient (Wildman–Crippen LogP) is 3.06. The van der Waals surface area contributed by atoms with Crippen LogP contribution < -0.4 is 4.74 Å². The minimum absolute atomic E-state index is 0.447. The Kier molecular flexibility index (Phi) is 3.57. The quantitative estimate of drug-likeness (QED) is 0.896. The first-order chi connectivity index (χ1) is 8.66. The lowest BCUT2D eigenvalue weighted by atomic mass is 10.0. The summed E-state index contributed by atoms with van der Waals surface area (Å²) in [5.41, 5.74) is 0.655. The molecule has 4 heteroatoms. The van der Waals surface area contributed by atoms with Crippen molar-refractivity contribution in [3.8, 4) is 11.6 Å². The zero-order valence-electron chi connectivity index (χ0n) is 9.91. The Morgan fingerprint density at radius 1 is 1.22 bits per heavy atom. The Hall–Kier alpha value is -2.36. The van der Waals surface area contributed by atoms with Crippen LogP contribution in [-0.4, -0.2) is 16.1 Å². The van der Waals surface area contributed by atoms with Gasteiger partial charge in [-0.2, -0.15) is 0 Å². The van der Waals surface area contributed by atoms with Crippen molar-refractivity contribution in [2.75, 3.05) is 0 Å². The molecule has 0 spiro atoms. The fraction of sp³-hybridized carbons (Fsp3) is 0.143. The van der Waals surface area contributed by atoms with Gasteiger partial charge in [0.05, 0.1) is 5.92 Å². The molecule has 1 aromatic carbocycles. The molecule has 1 heterocycles. The van der Waals surface area contributed by atoms with Gasteiger partial charge in [0.2, 0.25) is 5.88 Å². The summed E-state index contributed by atoms with van der Waals surface area (Å²) in [5.74, 6) is -0.289. The van der Waals surface area contributed by atoms with Crippen LogP contribution in [0.15, 0.2) is 48.7 Å². The van der Waals surface area contributed by atoms with Crippen LogP contribution in [0.25, 0.3) is 0 Å². The lowest BCUT2D eigenvalue weighted by Gasteiger charge is -2.08. The van der Waals surface area contributed by atoms with Gasteiger partial charge in [0.15, 0.2) is 0 Å². The number of para-hydroxylation sites is 1. The molecular weight excluding hydrogens is 230 g/mol. The van der Waals surface area contributed by atoms with E-state index in [2.05, 4.69) is 4.98 Å². The van der Waals surface area contributed by atoms with Crippen molar-refractivity contribution in [3.05, 3.63) is 54.2 Å². The third-order valence-electron chi connectivity index (χ3n) is 2.60. The Morgan fingerprint density at radius 3 is 2.50 bits per heavy atom. The van der Waals surface area contributed by atoms with Crippen LogP contribution in [0.2, 0.25) is 0 Å². The predicted molar refractivity (Wildman–Crippen MR) is 66.8 cm³/mol. The summed E-state index contributed by atoms with van der Waals surface area (Å²) in [6, 6.07) is 12.7. The summed E-state index contributed by atoms with van der Waals surface area (Å²) in [6.07, 6.45) is 1.52. The molecule has 2 aromatic rings. The fourth-order valence-electron chi connectivity index (χ4n) is 1.46. The van der Waals surface area contributed by atoms with Crippen molar-refractivity contribution in [2.45, 2.75) is 12.8 Å². The van der Waals surface area contributed by atoms with E-state index in [1.54, 1.807) is 19.1 Å². The number of aromatic nitrogens is 1. The molecule has 1 atom stereocenters. The van der Waals surface area contributed by atoms with Gasteiger partial charge in [0.1, 0.15) is 5.75 Å². The van der Waals surface area contributed by atoms with Gasteiger partial charge in [-0.25, -0.2) is 4.98 Å². The molecule has 18 heavy (non-hydrogen) atoms. The average molecular weight is 243 g/mol. The second kappa shape index (κ2) is 5.31. The molecule has 1 aromatic heterocycles. The molecule has 0 aliphatic rings. The van der Waals surface area contributed by atoms with Crippen LogP contribution in [0.4, 0.5) is 0 Å². The SMILES string of the molecule is CC(C(=O)O)c1ccc(Oc2ccccc2)nc1. The second-order valence-corrected chi connectivity index (χ2v) is 3.90. The van der Waals surface area contributed by atoms with E-state index in [0.717, 1.165) is 0 Å². The smallest absolute Gasteiger partial charge is 0.310 e. The van der Waals surface area contributed by atoms with E-state index in [0.29, 0.717) is 17.2 Å². The zero-order chi connectivity index (χ0) is 13.0. The number of carboxylic acids is 1. The Labute approximate surface area is 105 Å². The van der Waals surface area contributed by atoms with E-state index < -0.39 is 11.9 Å². The number of rotatable bonds is 4. The van der Waals surface area contributed by atoms with Gasteiger partial charge >= 0.3 is 5.97 Å². The topological polar surface area (TPSA) is 59.4 Å². The average Bonchev–Trinajstić information content (AvgIpc) is 2.40. The molecule has 0 bridgehead atoms. The molecule has 1 N–H and O–H groups in total. The molecule has 1 unspecified atom stereocenters. The number of hydrogen-bond acceptors (Lipinski definition) is 3. The van der Waals surface area contributed by atoms with Crippen molar-refractivity contribution in [1.29, 1.82) is 0 Å². The van der Waals surface area contributed by atoms with Crippen LogP contribution in [0.3, 0.4) is 0 Å². The third kappa shape index (κ3) is 2.85. The first-order valence-corrected chi connectivity index (χ1v) is 5.58. The summed E-state index contributed by atoms with van der Waals surface area (Å²) in [6.45, 7) is 1.62. The minimum Gasteiger partial charge on any atom is -0.481 e. The van der Waals surface area contributed by atoms with Gasteiger partial charge in [-0.15, -0.1) is 0 Å². The summed E-state index contributed by atoms with van der Waals surface area (Å²) in [7, 11) is 0. The van der Waals surface area contributed by atoms with E-state index in [9.17, 15) is 4.79 Å². The van der Waals surface area contributed by atoms with Crippen LogP contribution in [0, 0.1) is 0 Å². The van der Waals surface area contributed by atoms with E-state index in [1.165, 1.54) is 6.20 Å². The van der Waals surface area contributed by atoms with Crippen molar-refractivity contribution in [3.63, 3.8) is 0 Å². The van der Waals surface area contributed by atoms with Crippen molar-refractivity contribution in [2.24, 2.45) is 0 Å². The maximum Gasteiger partial charge on any atom is 0.310 e. The number of benzene rings is 1. The molecule has 0 radical (unpaired) electrons. The minimum atomic E-state index is -0.867. The maximum atomic E-state index is 10.8. The highest BCUT2D eigenvalue weighted by atomic mass is 16.5. The van der Waals surface area contributed by atoms with E-state index >= 15 is 0 Å². The van der Waals surface area contributed by atoms with Crippen molar-refractivity contribution < 1.29 is 14.6 Å². The summed E-state index contributed by atoms with van der Waals surface area (Å²) < 4.78 is 5.52. The van der Waals surface area contributed by atoms with Crippen LogP contribution >= 0.6 is 0 Å². The first kappa shape index (κ1) is 12.1. The molecule has 0 fully saturated rings. The molecular formula is C14H13NO3. The molecule has 2 rings (SSSR count). The number of carbonyl (C=O) groups is 1. The van der Waals surface area contributed by atoms with E-state index in [4.69, 9.17) is 9.84 Å². The normalized spacial score (nSPS) is 11.8. The Balaban J connectivity index is 2.11. The maximum absolute atomic E-state index is 10.8. The van der Waals surface area contributed by atoms with Gasteiger partial charge in [-0.1, -0.05) is 24.3 Å². The highest BCUT2D eigenvalue weighted by Crippen LogP contribution is 2.21. The monoisotopic (exact) mass is 243 g/mol. The number of carboxylic acid groups (broad SMARTS) is 1. The molecule has 0 amide bonds. The van der Waals surface area contributed by atoms with E-state index in [-0.39, 0.29) is 0 Å². The highest BCUT2D eigenvalue weighted by molar-refractivity contribution is 5.75.